The molecule has 0 aliphatic heterocycles. The van der Waals surface area contributed by atoms with Crippen LogP contribution in [0.2, 0.25) is 0 Å². The highest BCUT2D eigenvalue weighted by atomic mass is 32.2. The Morgan fingerprint density at radius 2 is 2.30 bits per heavy atom. The van der Waals surface area contributed by atoms with Crippen LogP contribution in [-0.4, -0.2) is 30.6 Å². The van der Waals surface area contributed by atoms with Crippen molar-refractivity contribution in [3.63, 3.8) is 0 Å². The van der Waals surface area contributed by atoms with Crippen molar-refractivity contribution < 1.29 is 9.53 Å². The molecule has 60 valence electrons. The van der Waals surface area contributed by atoms with Crippen molar-refractivity contribution in [1.29, 1.82) is 0 Å². The molecule has 0 aromatic rings. The second-order valence-electron chi connectivity index (χ2n) is 2.13. The quantitative estimate of drug-likeness (QED) is 0.605. The molecule has 1 atom stereocenters. The highest BCUT2D eigenvalue weighted by molar-refractivity contribution is 8.00. The molecule has 0 aromatic carbocycles. The van der Waals surface area contributed by atoms with Crippen molar-refractivity contribution in [3.05, 3.63) is 0 Å². The Hall–Kier alpha value is -0.220. The number of carbonyl (C=O) groups excluding carboxylic acids is 1. The molecular formula is C6H13NO2S. The Labute approximate surface area is 65.3 Å². The molecule has 0 aliphatic rings. The van der Waals surface area contributed by atoms with Crippen LogP contribution >= 0.6 is 11.8 Å². The normalized spacial score (nSPS) is 16.0. The van der Waals surface area contributed by atoms with Gasteiger partial charge in [-0.15, -0.1) is 11.8 Å². The van der Waals surface area contributed by atoms with E-state index in [1.165, 1.54) is 18.9 Å². The van der Waals surface area contributed by atoms with E-state index in [9.17, 15) is 4.79 Å². The van der Waals surface area contributed by atoms with Gasteiger partial charge >= 0.3 is 5.97 Å². The maximum atomic E-state index is 11.0. The zero-order chi connectivity index (χ0) is 8.20. The molecule has 0 spiro atoms. The lowest BCUT2D eigenvalue weighted by Gasteiger charge is -2.21. The lowest BCUT2D eigenvalue weighted by atomic mass is 10.2. The Kier molecular flexibility index (Phi) is 3.75. The van der Waals surface area contributed by atoms with Gasteiger partial charge in [-0.1, -0.05) is 0 Å². The lowest BCUT2D eigenvalue weighted by molar-refractivity contribution is -0.142. The molecule has 0 radical (unpaired) electrons. The van der Waals surface area contributed by atoms with Crippen molar-refractivity contribution >= 4 is 17.7 Å². The number of rotatable bonds is 3. The fourth-order valence-electron chi connectivity index (χ4n) is 0.466. The van der Waals surface area contributed by atoms with Crippen LogP contribution in [-0.2, 0) is 9.53 Å². The maximum Gasteiger partial charge on any atom is 0.322 e. The molecule has 0 aromatic heterocycles. The highest BCUT2D eigenvalue weighted by Gasteiger charge is 2.31. The second kappa shape index (κ2) is 3.83. The third kappa shape index (κ3) is 1.88. The number of hydrogen-bond acceptors (Lipinski definition) is 4. The summed E-state index contributed by atoms with van der Waals surface area (Å²) in [5.74, 6) is -0.262. The molecule has 2 N–H and O–H groups in total. The van der Waals surface area contributed by atoms with Gasteiger partial charge in [0.2, 0.25) is 0 Å². The summed E-state index contributed by atoms with van der Waals surface area (Å²) in [7, 11) is 1.37. The van der Waals surface area contributed by atoms with Crippen molar-refractivity contribution in [1.82, 2.24) is 0 Å². The SMILES string of the molecule is COC(=O)C(C)(CN)SC. The number of hydrogen-bond donors (Lipinski definition) is 1. The zero-order valence-corrected chi connectivity index (χ0v) is 7.33. The van der Waals surface area contributed by atoms with Crippen LogP contribution < -0.4 is 5.73 Å². The van der Waals surface area contributed by atoms with Gasteiger partial charge < -0.3 is 10.5 Å². The summed E-state index contributed by atoms with van der Waals surface area (Å²) in [6.07, 6.45) is 1.84. The van der Waals surface area contributed by atoms with Gasteiger partial charge in [0.15, 0.2) is 0 Å². The van der Waals surface area contributed by atoms with Gasteiger partial charge in [-0.3, -0.25) is 4.79 Å². The number of ether oxygens (including phenoxy) is 1. The molecule has 0 amide bonds. The summed E-state index contributed by atoms with van der Waals surface area (Å²) >= 11 is 1.41. The fraction of sp³-hybridized carbons (Fsp3) is 0.833. The minimum atomic E-state index is -0.575. The number of esters is 1. The standard InChI is InChI=1S/C6H13NO2S/c1-6(4-7,10-3)5(8)9-2/h4,7H2,1-3H3. The average Bonchev–Trinajstić information content (AvgIpc) is 2.01. The topological polar surface area (TPSA) is 52.3 Å². The first kappa shape index (κ1) is 9.78. The predicted molar refractivity (Wildman–Crippen MR) is 43.0 cm³/mol. The van der Waals surface area contributed by atoms with Gasteiger partial charge in [0.25, 0.3) is 0 Å². The molecule has 10 heavy (non-hydrogen) atoms. The van der Waals surface area contributed by atoms with Gasteiger partial charge in [0.1, 0.15) is 4.75 Å². The van der Waals surface area contributed by atoms with E-state index in [2.05, 4.69) is 4.74 Å². The first-order chi connectivity index (χ1) is 4.60. The molecular weight excluding hydrogens is 150 g/mol. The van der Waals surface area contributed by atoms with Gasteiger partial charge in [0, 0.05) is 6.54 Å². The second-order valence-corrected chi connectivity index (χ2v) is 3.44. The van der Waals surface area contributed by atoms with Crippen LogP contribution in [0.15, 0.2) is 0 Å². The first-order valence-corrected chi connectivity index (χ1v) is 4.17. The van der Waals surface area contributed by atoms with Crippen molar-refractivity contribution in [2.24, 2.45) is 5.73 Å². The van der Waals surface area contributed by atoms with Crippen LogP contribution in [0.25, 0.3) is 0 Å². The minimum absolute atomic E-state index is 0.262. The lowest BCUT2D eigenvalue weighted by Crippen LogP contribution is -2.40. The molecule has 3 nitrogen and oxygen atoms in total. The molecule has 0 heterocycles. The highest BCUT2D eigenvalue weighted by Crippen LogP contribution is 2.21. The Morgan fingerprint density at radius 1 is 1.80 bits per heavy atom. The summed E-state index contributed by atoms with van der Waals surface area (Å²) in [4.78, 5) is 11.0. The minimum Gasteiger partial charge on any atom is -0.468 e. The number of methoxy groups -OCH3 is 1. The predicted octanol–water partition coefficient (Wildman–Crippen LogP) is 0.240. The van der Waals surface area contributed by atoms with Crippen molar-refractivity contribution in [2.45, 2.75) is 11.7 Å². The number of thioether (sulfide) groups is 1. The molecule has 0 fully saturated rings. The molecule has 0 saturated carbocycles. The maximum absolute atomic E-state index is 11.0. The van der Waals surface area contributed by atoms with E-state index < -0.39 is 4.75 Å². The summed E-state index contributed by atoms with van der Waals surface area (Å²) < 4.78 is 3.98. The number of nitrogens with two attached hydrogens (primary N) is 1. The first-order valence-electron chi connectivity index (χ1n) is 2.94. The fourth-order valence-corrected chi connectivity index (χ4v) is 0.883. The van der Waals surface area contributed by atoms with Crippen LogP contribution in [0.1, 0.15) is 6.92 Å². The monoisotopic (exact) mass is 163 g/mol. The smallest absolute Gasteiger partial charge is 0.322 e. The van der Waals surface area contributed by atoms with Gasteiger partial charge in [-0.05, 0) is 13.2 Å². The largest absolute Gasteiger partial charge is 0.468 e. The van der Waals surface area contributed by atoms with E-state index in [0.29, 0.717) is 6.54 Å². The summed E-state index contributed by atoms with van der Waals surface area (Å²) in [6.45, 7) is 2.07. The molecule has 0 saturated heterocycles. The van der Waals surface area contributed by atoms with Gasteiger partial charge in [-0.2, -0.15) is 0 Å². The summed E-state index contributed by atoms with van der Waals surface area (Å²) in [5.41, 5.74) is 5.37. The third-order valence-electron chi connectivity index (χ3n) is 1.46. The van der Waals surface area contributed by atoms with Crippen LogP contribution in [0.4, 0.5) is 0 Å². The van der Waals surface area contributed by atoms with Gasteiger partial charge in [-0.25, -0.2) is 0 Å². The van der Waals surface area contributed by atoms with E-state index >= 15 is 0 Å². The summed E-state index contributed by atoms with van der Waals surface area (Å²) in [6, 6.07) is 0. The van der Waals surface area contributed by atoms with Crippen LogP contribution in [0, 0.1) is 0 Å². The summed E-state index contributed by atoms with van der Waals surface area (Å²) in [5, 5.41) is 0. The molecule has 4 heteroatoms. The Bertz CT molecular complexity index is 123. The molecule has 0 aliphatic carbocycles. The zero-order valence-electron chi connectivity index (χ0n) is 6.51. The number of carbonyl (C=O) groups is 1. The van der Waals surface area contributed by atoms with Gasteiger partial charge in [0.05, 0.1) is 7.11 Å². The van der Waals surface area contributed by atoms with E-state index in [4.69, 9.17) is 5.73 Å². The average molecular weight is 163 g/mol. The van der Waals surface area contributed by atoms with Crippen LogP contribution in [0.3, 0.4) is 0 Å². The molecule has 0 rings (SSSR count). The van der Waals surface area contributed by atoms with Crippen molar-refractivity contribution in [3.8, 4) is 0 Å². The van der Waals surface area contributed by atoms with E-state index in [0.717, 1.165) is 0 Å². The van der Waals surface area contributed by atoms with Crippen molar-refractivity contribution in [2.75, 3.05) is 19.9 Å². The Morgan fingerprint density at radius 3 is 2.40 bits per heavy atom. The molecule has 0 bridgehead atoms. The van der Waals surface area contributed by atoms with E-state index in [-0.39, 0.29) is 5.97 Å². The van der Waals surface area contributed by atoms with Crippen LogP contribution in [0.5, 0.6) is 0 Å². The van der Waals surface area contributed by atoms with E-state index in [1.54, 1.807) is 6.92 Å². The van der Waals surface area contributed by atoms with E-state index in [1.807, 2.05) is 6.26 Å². The third-order valence-corrected chi connectivity index (χ3v) is 2.69. The molecule has 1 unspecified atom stereocenters. The Balaban J connectivity index is 4.17.